The smallest absolute Gasteiger partial charge is 0.157 e. The number of amidine groups is 1. The minimum Gasteiger partial charge on any atom is -0.362 e. The standard InChI is InChI=1S/C15H27N3S/c1-11(2)14-6-9-19-15(17-14)16-12-5-8-18-7-3-4-13(18)10-12/h11-14H,3-10H2,1-2H3,(H,16,17). The Labute approximate surface area is 121 Å². The number of hydrogen-bond donors (Lipinski definition) is 1. The second kappa shape index (κ2) is 6.04. The van der Waals surface area contributed by atoms with Crippen LogP contribution in [0.25, 0.3) is 0 Å². The van der Waals surface area contributed by atoms with Gasteiger partial charge in [-0.1, -0.05) is 25.6 Å². The van der Waals surface area contributed by atoms with E-state index in [0.29, 0.717) is 18.0 Å². The maximum atomic E-state index is 4.92. The van der Waals surface area contributed by atoms with E-state index in [4.69, 9.17) is 4.99 Å². The highest BCUT2D eigenvalue weighted by Crippen LogP contribution is 2.28. The van der Waals surface area contributed by atoms with Crippen molar-refractivity contribution in [3.63, 3.8) is 0 Å². The van der Waals surface area contributed by atoms with Crippen molar-refractivity contribution < 1.29 is 0 Å². The van der Waals surface area contributed by atoms with Crippen LogP contribution >= 0.6 is 11.8 Å². The first-order valence-corrected chi connectivity index (χ1v) is 8.92. The van der Waals surface area contributed by atoms with Crippen LogP contribution in [-0.2, 0) is 0 Å². The van der Waals surface area contributed by atoms with Gasteiger partial charge in [0, 0.05) is 24.4 Å². The van der Waals surface area contributed by atoms with Crippen LogP contribution in [0.4, 0.5) is 0 Å². The predicted octanol–water partition coefficient (Wildman–Crippen LogP) is 2.72. The Balaban J connectivity index is 1.56. The van der Waals surface area contributed by atoms with Crippen LogP contribution in [0.15, 0.2) is 4.99 Å². The quantitative estimate of drug-likeness (QED) is 0.843. The van der Waals surface area contributed by atoms with Crippen molar-refractivity contribution in [3.05, 3.63) is 0 Å². The second-order valence-corrected chi connectivity index (χ2v) is 7.66. The molecule has 4 heteroatoms. The van der Waals surface area contributed by atoms with E-state index in [1.807, 2.05) is 11.8 Å². The molecule has 0 spiro atoms. The van der Waals surface area contributed by atoms with Gasteiger partial charge in [0.2, 0.25) is 0 Å². The first-order valence-electron chi connectivity index (χ1n) is 7.93. The van der Waals surface area contributed by atoms with Crippen LogP contribution in [0.1, 0.15) is 46.0 Å². The van der Waals surface area contributed by atoms with Crippen molar-refractivity contribution in [2.45, 2.75) is 64.1 Å². The predicted molar refractivity (Wildman–Crippen MR) is 83.9 cm³/mol. The molecule has 3 unspecified atom stereocenters. The van der Waals surface area contributed by atoms with E-state index < -0.39 is 0 Å². The maximum Gasteiger partial charge on any atom is 0.157 e. The Morgan fingerprint density at radius 3 is 3.00 bits per heavy atom. The molecule has 0 aromatic rings. The summed E-state index contributed by atoms with van der Waals surface area (Å²) in [6.07, 6.45) is 6.68. The minimum atomic E-state index is 0.537. The van der Waals surface area contributed by atoms with Crippen molar-refractivity contribution in [3.8, 4) is 0 Å². The van der Waals surface area contributed by atoms with Crippen molar-refractivity contribution in [1.29, 1.82) is 0 Å². The Morgan fingerprint density at radius 1 is 1.26 bits per heavy atom. The first kappa shape index (κ1) is 13.7. The molecule has 0 aromatic carbocycles. The van der Waals surface area contributed by atoms with E-state index in [1.165, 1.54) is 56.1 Å². The van der Waals surface area contributed by atoms with E-state index >= 15 is 0 Å². The molecule has 3 rings (SSSR count). The largest absolute Gasteiger partial charge is 0.362 e. The molecule has 3 heterocycles. The second-order valence-electron chi connectivity index (χ2n) is 6.58. The van der Waals surface area contributed by atoms with Crippen molar-refractivity contribution in [1.82, 2.24) is 10.2 Å². The van der Waals surface area contributed by atoms with Crippen molar-refractivity contribution in [2.24, 2.45) is 10.9 Å². The Hall–Kier alpha value is -0.220. The summed E-state index contributed by atoms with van der Waals surface area (Å²) in [4.78, 5) is 7.60. The molecule has 108 valence electrons. The minimum absolute atomic E-state index is 0.537. The highest BCUT2D eigenvalue weighted by molar-refractivity contribution is 8.13. The van der Waals surface area contributed by atoms with E-state index in [9.17, 15) is 0 Å². The number of nitrogens with one attached hydrogen (secondary N) is 1. The van der Waals surface area contributed by atoms with Crippen LogP contribution in [-0.4, -0.2) is 47.0 Å². The van der Waals surface area contributed by atoms with Gasteiger partial charge in [-0.05, 0) is 44.6 Å². The lowest BCUT2D eigenvalue weighted by Crippen LogP contribution is -2.47. The number of aliphatic imine (C=N–C) groups is 1. The number of fused-ring (bicyclic) bond motifs is 1. The summed E-state index contributed by atoms with van der Waals surface area (Å²) < 4.78 is 0. The summed E-state index contributed by atoms with van der Waals surface area (Å²) in [5.41, 5.74) is 0. The summed E-state index contributed by atoms with van der Waals surface area (Å²) >= 11 is 1.93. The zero-order valence-corrected chi connectivity index (χ0v) is 13.1. The Morgan fingerprint density at radius 2 is 2.16 bits per heavy atom. The summed E-state index contributed by atoms with van der Waals surface area (Å²) in [5.74, 6) is 1.91. The zero-order valence-electron chi connectivity index (χ0n) is 12.3. The molecule has 0 radical (unpaired) electrons. The Kier molecular flexibility index (Phi) is 4.37. The molecule has 0 saturated carbocycles. The summed E-state index contributed by atoms with van der Waals surface area (Å²) in [6.45, 7) is 7.20. The number of piperidine rings is 1. The van der Waals surface area contributed by atoms with Gasteiger partial charge in [-0.3, -0.25) is 4.99 Å². The fourth-order valence-electron chi connectivity index (χ4n) is 3.62. The molecule has 19 heavy (non-hydrogen) atoms. The van der Waals surface area contributed by atoms with Crippen LogP contribution < -0.4 is 5.32 Å². The summed E-state index contributed by atoms with van der Waals surface area (Å²) in [5, 5.41) is 4.97. The normalized spacial score (nSPS) is 36.2. The number of rotatable bonds is 2. The van der Waals surface area contributed by atoms with Crippen molar-refractivity contribution >= 4 is 16.9 Å². The molecule has 3 atom stereocenters. The van der Waals surface area contributed by atoms with Gasteiger partial charge in [-0.2, -0.15) is 0 Å². The van der Waals surface area contributed by atoms with E-state index in [-0.39, 0.29) is 0 Å². The monoisotopic (exact) mass is 281 g/mol. The third-order valence-electron chi connectivity index (χ3n) is 4.85. The third kappa shape index (κ3) is 3.27. The Bertz CT molecular complexity index is 342. The highest BCUT2D eigenvalue weighted by Gasteiger charge is 2.32. The lowest BCUT2D eigenvalue weighted by Gasteiger charge is -2.36. The number of hydrogen-bond acceptors (Lipinski definition) is 4. The average Bonchev–Trinajstić information content (AvgIpc) is 2.86. The van der Waals surface area contributed by atoms with Crippen LogP contribution in [0.2, 0.25) is 0 Å². The van der Waals surface area contributed by atoms with E-state index in [1.54, 1.807) is 0 Å². The molecule has 2 saturated heterocycles. The van der Waals surface area contributed by atoms with Gasteiger partial charge in [-0.25, -0.2) is 0 Å². The van der Waals surface area contributed by atoms with Gasteiger partial charge in [0.15, 0.2) is 5.17 Å². The third-order valence-corrected chi connectivity index (χ3v) is 5.79. The maximum absolute atomic E-state index is 4.92. The molecule has 0 bridgehead atoms. The van der Waals surface area contributed by atoms with Crippen LogP contribution in [0, 0.1) is 5.92 Å². The van der Waals surface area contributed by atoms with E-state index in [2.05, 4.69) is 24.1 Å². The van der Waals surface area contributed by atoms with Gasteiger partial charge in [0.1, 0.15) is 0 Å². The topological polar surface area (TPSA) is 27.6 Å². The van der Waals surface area contributed by atoms with Gasteiger partial charge < -0.3 is 10.2 Å². The van der Waals surface area contributed by atoms with Gasteiger partial charge in [0.05, 0.1) is 6.04 Å². The lowest BCUT2D eigenvalue weighted by atomic mass is 9.98. The average molecular weight is 281 g/mol. The fraction of sp³-hybridized carbons (Fsp3) is 0.933. The molecule has 3 nitrogen and oxygen atoms in total. The molecule has 1 N–H and O–H groups in total. The first-order chi connectivity index (χ1) is 9.22. The highest BCUT2D eigenvalue weighted by atomic mass is 32.2. The fourth-order valence-corrected chi connectivity index (χ4v) is 4.63. The molecule has 3 aliphatic heterocycles. The van der Waals surface area contributed by atoms with Gasteiger partial charge >= 0.3 is 0 Å². The lowest BCUT2D eigenvalue weighted by molar-refractivity contribution is 0.175. The van der Waals surface area contributed by atoms with Crippen molar-refractivity contribution in [2.75, 3.05) is 18.8 Å². The molecule has 0 amide bonds. The SMILES string of the molecule is CC(C)C1CCSC(NC2CCN3CCCC3C2)=N1. The van der Waals surface area contributed by atoms with E-state index in [0.717, 1.165) is 6.04 Å². The summed E-state index contributed by atoms with van der Waals surface area (Å²) in [7, 11) is 0. The van der Waals surface area contributed by atoms with Crippen LogP contribution in [0.5, 0.6) is 0 Å². The van der Waals surface area contributed by atoms with Gasteiger partial charge in [-0.15, -0.1) is 0 Å². The molecule has 0 aliphatic carbocycles. The molecular formula is C15H27N3S. The van der Waals surface area contributed by atoms with Crippen LogP contribution in [0.3, 0.4) is 0 Å². The summed E-state index contributed by atoms with van der Waals surface area (Å²) in [6, 6.07) is 2.05. The molecule has 2 fully saturated rings. The molecule has 0 aromatic heterocycles. The van der Waals surface area contributed by atoms with Gasteiger partial charge in [0.25, 0.3) is 0 Å². The molecular weight excluding hydrogens is 254 g/mol. The zero-order chi connectivity index (χ0) is 13.2. The number of nitrogens with zero attached hydrogens (tertiary/aromatic N) is 2. The number of thioether (sulfide) groups is 1. The molecule has 3 aliphatic rings.